The van der Waals surface area contributed by atoms with E-state index in [1.807, 2.05) is 29.2 Å². The Morgan fingerprint density at radius 3 is 2.38 bits per heavy atom. The lowest BCUT2D eigenvalue weighted by Gasteiger charge is -2.26. The van der Waals surface area contributed by atoms with E-state index in [4.69, 9.17) is 5.73 Å². The summed E-state index contributed by atoms with van der Waals surface area (Å²) in [7, 11) is 0. The van der Waals surface area contributed by atoms with Gasteiger partial charge in [-0.3, -0.25) is 9.59 Å². The van der Waals surface area contributed by atoms with Gasteiger partial charge in [-0.25, -0.2) is 0 Å². The molecule has 1 aromatic carbocycles. The summed E-state index contributed by atoms with van der Waals surface area (Å²) in [4.78, 5) is 25.6. The number of nitrogens with two attached hydrogens (primary N) is 1. The van der Waals surface area contributed by atoms with E-state index >= 15 is 0 Å². The lowest BCUT2D eigenvalue weighted by atomic mass is 10.1. The van der Waals surface area contributed by atoms with Gasteiger partial charge in [0.1, 0.15) is 0 Å². The second-order valence-electron chi connectivity index (χ2n) is 5.56. The van der Waals surface area contributed by atoms with Crippen LogP contribution in [0, 0.1) is 0 Å². The Balaban J connectivity index is 1.92. The van der Waals surface area contributed by atoms with Gasteiger partial charge in [0.2, 0.25) is 5.91 Å². The molecule has 5 nitrogen and oxygen atoms in total. The predicted octanol–water partition coefficient (Wildman–Crippen LogP) is 1.28. The first-order chi connectivity index (χ1) is 10.1. The second-order valence-corrected chi connectivity index (χ2v) is 5.56. The van der Waals surface area contributed by atoms with Crippen LogP contribution in [0.4, 0.5) is 0 Å². The summed E-state index contributed by atoms with van der Waals surface area (Å²) >= 11 is 0. The van der Waals surface area contributed by atoms with E-state index < -0.39 is 6.04 Å². The fourth-order valence-electron chi connectivity index (χ4n) is 2.39. The Morgan fingerprint density at radius 1 is 1.19 bits per heavy atom. The Morgan fingerprint density at radius 2 is 1.81 bits per heavy atom. The largest absolute Gasteiger partial charge is 0.351 e. The van der Waals surface area contributed by atoms with Crippen LogP contribution in [-0.4, -0.2) is 35.8 Å². The van der Waals surface area contributed by atoms with Gasteiger partial charge in [0.05, 0.1) is 6.04 Å². The van der Waals surface area contributed by atoms with E-state index in [2.05, 4.69) is 5.32 Å². The van der Waals surface area contributed by atoms with E-state index in [-0.39, 0.29) is 11.8 Å². The van der Waals surface area contributed by atoms with Gasteiger partial charge in [-0.15, -0.1) is 0 Å². The van der Waals surface area contributed by atoms with E-state index in [9.17, 15) is 9.59 Å². The van der Waals surface area contributed by atoms with Gasteiger partial charge in [0.15, 0.2) is 0 Å². The SMILES string of the molecule is CC(N)C(=O)NCc1ccc(C(=O)N2CCCCC2)cc1. The Labute approximate surface area is 125 Å². The number of benzene rings is 1. The number of carbonyl (C=O) groups is 2. The summed E-state index contributed by atoms with van der Waals surface area (Å²) in [5.74, 6) is -0.0793. The van der Waals surface area contributed by atoms with E-state index in [1.165, 1.54) is 6.42 Å². The standard InChI is InChI=1S/C16H23N3O2/c1-12(17)15(20)18-11-13-5-7-14(8-6-13)16(21)19-9-3-2-4-10-19/h5-8,12H,2-4,9-11,17H2,1H3,(H,18,20). The van der Waals surface area contributed by atoms with E-state index in [0.717, 1.165) is 31.5 Å². The maximum atomic E-state index is 12.3. The zero-order valence-corrected chi connectivity index (χ0v) is 12.5. The maximum Gasteiger partial charge on any atom is 0.253 e. The minimum atomic E-state index is -0.509. The quantitative estimate of drug-likeness (QED) is 0.876. The molecule has 1 unspecified atom stereocenters. The van der Waals surface area contributed by atoms with Crippen LogP contribution >= 0.6 is 0 Å². The van der Waals surface area contributed by atoms with Crippen molar-refractivity contribution in [3.63, 3.8) is 0 Å². The van der Waals surface area contributed by atoms with Crippen molar-refractivity contribution >= 4 is 11.8 Å². The Bertz CT molecular complexity index is 491. The topological polar surface area (TPSA) is 75.4 Å². The molecular weight excluding hydrogens is 266 g/mol. The molecule has 1 fully saturated rings. The summed E-state index contributed by atoms with van der Waals surface area (Å²) in [6.45, 7) is 3.78. The highest BCUT2D eigenvalue weighted by molar-refractivity contribution is 5.94. The number of rotatable bonds is 4. The number of likely N-dealkylation sites (tertiary alicyclic amines) is 1. The van der Waals surface area contributed by atoms with Gasteiger partial charge in [-0.1, -0.05) is 12.1 Å². The Hall–Kier alpha value is -1.88. The first-order valence-electron chi connectivity index (χ1n) is 7.49. The number of nitrogens with zero attached hydrogens (tertiary/aromatic N) is 1. The van der Waals surface area contributed by atoms with Gasteiger partial charge in [-0.05, 0) is 43.9 Å². The van der Waals surface area contributed by atoms with Crippen molar-refractivity contribution in [2.24, 2.45) is 5.73 Å². The summed E-state index contributed by atoms with van der Waals surface area (Å²) in [6.07, 6.45) is 3.39. The molecule has 1 aromatic rings. The Kier molecular flexibility index (Phi) is 5.33. The fourth-order valence-corrected chi connectivity index (χ4v) is 2.39. The molecule has 114 valence electrons. The summed E-state index contributed by atoms with van der Waals surface area (Å²) in [5.41, 5.74) is 7.15. The van der Waals surface area contributed by atoms with Gasteiger partial charge in [-0.2, -0.15) is 0 Å². The molecule has 0 radical (unpaired) electrons. The molecule has 1 atom stereocenters. The number of carbonyl (C=O) groups excluding carboxylic acids is 2. The molecule has 0 bridgehead atoms. The van der Waals surface area contributed by atoms with Crippen LogP contribution in [0.2, 0.25) is 0 Å². The van der Waals surface area contributed by atoms with Gasteiger partial charge >= 0.3 is 0 Å². The predicted molar refractivity (Wildman–Crippen MR) is 81.7 cm³/mol. The zero-order valence-electron chi connectivity index (χ0n) is 12.5. The van der Waals surface area contributed by atoms with Crippen molar-refractivity contribution in [3.05, 3.63) is 35.4 Å². The van der Waals surface area contributed by atoms with Crippen molar-refractivity contribution in [2.75, 3.05) is 13.1 Å². The van der Waals surface area contributed by atoms with E-state index in [0.29, 0.717) is 12.1 Å². The van der Waals surface area contributed by atoms with Crippen LogP contribution in [0.25, 0.3) is 0 Å². The molecule has 2 rings (SSSR count). The van der Waals surface area contributed by atoms with Gasteiger partial charge in [0.25, 0.3) is 5.91 Å². The minimum absolute atomic E-state index is 0.0980. The third-order valence-corrected chi connectivity index (χ3v) is 3.72. The van der Waals surface area contributed by atoms with Crippen LogP contribution in [-0.2, 0) is 11.3 Å². The molecule has 0 spiro atoms. The smallest absolute Gasteiger partial charge is 0.253 e. The highest BCUT2D eigenvalue weighted by Crippen LogP contribution is 2.13. The van der Waals surface area contributed by atoms with Crippen molar-refractivity contribution in [1.82, 2.24) is 10.2 Å². The molecule has 0 aromatic heterocycles. The highest BCUT2D eigenvalue weighted by atomic mass is 16.2. The highest BCUT2D eigenvalue weighted by Gasteiger charge is 2.17. The average molecular weight is 289 g/mol. The molecule has 1 saturated heterocycles. The molecule has 2 amide bonds. The monoisotopic (exact) mass is 289 g/mol. The molecule has 1 aliphatic heterocycles. The van der Waals surface area contributed by atoms with Crippen molar-refractivity contribution in [3.8, 4) is 0 Å². The molecule has 0 saturated carbocycles. The first-order valence-corrected chi connectivity index (χ1v) is 7.49. The third-order valence-electron chi connectivity index (χ3n) is 3.72. The number of hydrogen-bond acceptors (Lipinski definition) is 3. The molecule has 21 heavy (non-hydrogen) atoms. The van der Waals surface area contributed by atoms with Crippen molar-refractivity contribution in [2.45, 2.75) is 38.8 Å². The molecular formula is C16H23N3O2. The number of piperidine rings is 1. The summed E-state index contributed by atoms with van der Waals surface area (Å²) < 4.78 is 0. The van der Waals surface area contributed by atoms with Crippen molar-refractivity contribution < 1.29 is 9.59 Å². The fraction of sp³-hybridized carbons (Fsp3) is 0.500. The number of amides is 2. The number of nitrogens with one attached hydrogen (secondary N) is 1. The molecule has 1 heterocycles. The van der Waals surface area contributed by atoms with E-state index in [1.54, 1.807) is 6.92 Å². The lowest BCUT2D eigenvalue weighted by molar-refractivity contribution is -0.122. The summed E-state index contributed by atoms with van der Waals surface area (Å²) in [5, 5.41) is 2.75. The van der Waals surface area contributed by atoms with Crippen LogP contribution in [0.5, 0.6) is 0 Å². The first kappa shape index (κ1) is 15.5. The zero-order chi connectivity index (χ0) is 15.2. The van der Waals surface area contributed by atoms with Crippen LogP contribution in [0.15, 0.2) is 24.3 Å². The average Bonchev–Trinajstić information content (AvgIpc) is 2.53. The van der Waals surface area contributed by atoms with Crippen LogP contribution < -0.4 is 11.1 Å². The molecule has 1 aliphatic rings. The van der Waals surface area contributed by atoms with Crippen LogP contribution in [0.1, 0.15) is 42.1 Å². The third kappa shape index (κ3) is 4.29. The minimum Gasteiger partial charge on any atom is -0.351 e. The molecule has 5 heteroatoms. The molecule has 3 N–H and O–H groups in total. The number of hydrogen-bond donors (Lipinski definition) is 2. The summed E-state index contributed by atoms with van der Waals surface area (Å²) in [6, 6.07) is 6.89. The maximum absolute atomic E-state index is 12.3. The molecule has 0 aliphatic carbocycles. The lowest BCUT2D eigenvalue weighted by Crippen LogP contribution is -2.37. The normalized spacial score (nSPS) is 16.4. The van der Waals surface area contributed by atoms with Gasteiger partial charge < -0.3 is 16.0 Å². The van der Waals surface area contributed by atoms with Crippen molar-refractivity contribution in [1.29, 1.82) is 0 Å². The second kappa shape index (κ2) is 7.22. The van der Waals surface area contributed by atoms with Crippen LogP contribution in [0.3, 0.4) is 0 Å². The van der Waals surface area contributed by atoms with Gasteiger partial charge in [0, 0.05) is 25.2 Å².